The first-order valence-corrected chi connectivity index (χ1v) is 13.8. The highest BCUT2D eigenvalue weighted by molar-refractivity contribution is 7.92. The van der Waals surface area contributed by atoms with Crippen LogP contribution >= 0.6 is 11.6 Å². The van der Waals surface area contributed by atoms with Crippen LogP contribution in [-0.4, -0.2) is 58.3 Å². The van der Waals surface area contributed by atoms with Crippen molar-refractivity contribution in [1.82, 2.24) is 5.43 Å². The first kappa shape index (κ1) is 28.0. The molecule has 0 spiro atoms. The number of nitrogens with zero attached hydrogens (tertiary/aromatic N) is 4. The molecule has 39 heavy (non-hydrogen) atoms. The molecule has 1 heterocycles. The van der Waals surface area contributed by atoms with Crippen molar-refractivity contribution in [3.05, 3.63) is 93.0 Å². The van der Waals surface area contributed by atoms with Crippen molar-refractivity contribution in [3.8, 4) is 0 Å². The number of carbonyl (C=O) groups excluding carboxylic acids is 1. The number of rotatable bonds is 9. The Morgan fingerprint density at radius 1 is 1.15 bits per heavy atom. The third kappa shape index (κ3) is 6.72. The van der Waals surface area contributed by atoms with Gasteiger partial charge in [-0.2, -0.15) is 5.10 Å². The van der Waals surface area contributed by atoms with E-state index in [0.29, 0.717) is 42.6 Å². The highest BCUT2D eigenvalue weighted by Crippen LogP contribution is 2.28. The zero-order valence-corrected chi connectivity index (χ0v) is 22.6. The van der Waals surface area contributed by atoms with Gasteiger partial charge in [-0.3, -0.25) is 19.2 Å². The SMILES string of the molecule is Cc1ccc(N(CC(=O)N/N=C/c2cc([N+](=O)[O-])ccc2N2CCOCC2)S(=O)(=O)c2ccccc2)cc1Cl. The van der Waals surface area contributed by atoms with Crippen LogP contribution in [0.3, 0.4) is 0 Å². The maximum Gasteiger partial charge on any atom is 0.270 e. The third-order valence-corrected chi connectivity index (χ3v) is 8.22. The molecule has 1 saturated heterocycles. The van der Waals surface area contributed by atoms with Gasteiger partial charge in [-0.1, -0.05) is 35.9 Å². The van der Waals surface area contributed by atoms with Crippen LogP contribution in [0.15, 0.2) is 76.7 Å². The second-order valence-electron chi connectivity index (χ2n) is 8.65. The molecule has 11 nitrogen and oxygen atoms in total. The van der Waals surface area contributed by atoms with E-state index in [1.165, 1.54) is 36.5 Å². The molecule has 0 atom stereocenters. The van der Waals surface area contributed by atoms with Gasteiger partial charge in [-0.05, 0) is 42.8 Å². The summed E-state index contributed by atoms with van der Waals surface area (Å²) in [6.45, 7) is 3.41. The van der Waals surface area contributed by atoms with Crippen molar-refractivity contribution in [2.75, 3.05) is 42.1 Å². The van der Waals surface area contributed by atoms with Gasteiger partial charge in [-0.15, -0.1) is 0 Å². The number of hydrogen-bond donors (Lipinski definition) is 1. The fourth-order valence-corrected chi connectivity index (χ4v) is 5.57. The number of sulfonamides is 1. The minimum atomic E-state index is -4.12. The molecule has 1 aliphatic heterocycles. The summed E-state index contributed by atoms with van der Waals surface area (Å²) in [6, 6.07) is 16.8. The summed E-state index contributed by atoms with van der Waals surface area (Å²) in [5.74, 6) is -0.721. The molecule has 0 unspecified atom stereocenters. The summed E-state index contributed by atoms with van der Waals surface area (Å²) < 4.78 is 33.3. The summed E-state index contributed by atoms with van der Waals surface area (Å²) in [5, 5.41) is 15.6. The van der Waals surface area contributed by atoms with Crippen LogP contribution in [0.2, 0.25) is 5.02 Å². The number of benzene rings is 3. The summed E-state index contributed by atoms with van der Waals surface area (Å²) in [7, 11) is -4.12. The molecule has 1 fully saturated rings. The van der Waals surface area contributed by atoms with E-state index in [-0.39, 0.29) is 16.3 Å². The first-order chi connectivity index (χ1) is 18.7. The zero-order chi connectivity index (χ0) is 28.0. The smallest absolute Gasteiger partial charge is 0.270 e. The van der Waals surface area contributed by atoms with Gasteiger partial charge in [0, 0.05) is 41.5 Å². The van der Waals surface area contributed by atoms with Crippen molar-refractivity contribution in [1.29, 1.82) is 0 Å². The number of morpholine rings is 1. The lowest BCUT2D eigenvalue weighted by Crippen LogP contribution is -2.39. The van der Waals surface area contributed by atoms with Gasteiger partial charge in [0.25, 0.3) is 21.6 Å². The number of nitrogens with one attached hydrogen (secondary N) is 1. The Balaban J connectivity index is 1.58. The standard InChI is InChI=1S/C26H26ClN5O6S/c1-19-7-8-21(16-24(19)27)31(39(36,37)23-5-3-2-4-6-23)18-26(33)29-28-17-20-15-22(32(34)35)9-10-25(20)30-11-13-38-14-12-30/h2-10,15-17H,11-14,18H2,1H3,(H,29,33)/b28-17+. The Morgan fingerprint density at radius 3 is 2.54 bits per heavy atom. The number of ether oxygens (including phenoxy) is 1. The number of nitro groups is 1. The molecule has 0 aromatic heterocycles. The van der Waals surface area contributed by atoms with Gasteiger partial charge in [0.2, 0.25) is 0 Å². The molecule has 0 bridgehead atoms. The second-order valence-corrected chi connectivity index (χ2v) is 10.9. The van der Waals surface area contributed by atoms with E-state index < -0.39 is 27.4 Å². The van der Waals surface area contributed by atoms with Crippen molar-refractivity contribution in [2.45, 2.75) is 11.8 Å². The molecule has 4 rings (SSSR count). The van der Waals surface area contributed by atoms with Crippen molar-refractivity contribution >= 4 is 50.8 Å². The number of aryl methyl sites for hydroxylation is 1. The topological polar surface area (TPSA) is 134 Å². The number of nitro benzene ring substituents is 1. The summed E-state index contributed by atoms with van der Waals surface area (Å²) >= 11 is 6.25. The molecule has 13 heteroatoms. The summed E-state index contributed by atoms with van der Waals surface area (Å²) in [6.07, 6.45) is 1.30. The predicted molar refractivity (Wildman–Crippen MR) is 149 cm³/mol. The van der Waals surface area contributed by atoms with Crippen molar-refractivity contribution < 1.29 is 22.9 Å². The molecule has 204 valence electrons. The van der Waals surface area contributed by atoms with Gasteiger partial charge in [0.1, 0.15) is 6.54 Å². The number of hydrazone groups is 1. The number of amides is 1. The minimum absolute atomic E-state index is 0.00440. The van der Waals surface area contributed by atoms with Crippen LogP contribution in [0, 0.1) is 17.0 Å². The molecular weight excluding hydrogens is 546 g/mol. The van der Waals surface area contributed by atoms with Gasteiger partial charge in [0.15, 0.2) is 0 Å². The average molecular weight is 572 g/mol. The zero-order valence-electron chi connectivity index (χ0n) is 21.0. The van der Waals surface area contributed by atoms with Gasteiger partial charge in [-0.25, -0.2) is 13.8 Å². The number of hydrogen-bond acceptors (Lipinski definition) is 8. The van der Waals surface area contributed by atoms with E-state index >= 15 is 0 Å². The number of halogens is 1. The van der Waals surface area contributed by atoms with E-state index in [1.54, 1.807) is 43.3 Å². The highest BCUT2D eigenvalue weighted by Gasteiger charge is 2.27. The lowest BCUT2D eigenvalue weighted by atomic mass is 10.1. The van der Waals surface area contributed by atoms with Crippen LogP contribution in [-0.2, 0) is 19.6 Å². The molecule has 3 aromatic carbocycles. The highest BCUT2D eigenvalue weighted by atomic mass is 35.5. The Morgan fingerprint density at radius 2 is 1.87 bits per heavy atom. The molecule has 3 aromatic rings. The quantitative estimate of drug-likeness (QED) is 0.235. The van der Waals surface area contributed by atoms with Gasteiger partial charge in [0.05, 0.1) is 34.9 Å². The fourth-order valence-electron chi connectivity index (χ4n) is 3.96. The predicted octanol–water partition coefficient (Wildman–Crippen LogP) is 3.74. The van der Waals surface area contributed by atoms with E-state index in [2.05, 4.69) is 10.5 Å². The maximum atomic E-state index is 13.5. The Labute approximate surface area is 230 Å². The van der Waals surface area contributed by atoms with Crippen LogP contribution in [0.1, 0.15) is 11.1 Å². The van der Waals surface area contributed by atoms with E-state index in [1.807, 2.05) is 4.90 Å². The normalized spacial score (nSPS) is 13.8. The fraction of sp³-hybridized carbons (Fsp3) is 0.231. The van der Waals surface area contributed by atoms with Crippen molar-refractivity contribution in [2.24, 2.45) is 5.10 Å². The molecule has 1 amide bonds. The Bertz CT molecular complexity index is 1490. The molecule has 0 aliphatic carbocycles. The Hall–Kier alpha value is -4.00. The average Bonchev–Trinajstić information content (AvgIpc) is 2.94. The molecule has 1 N–H and O–H groups in total. The number of carbonyl (C=O) groups is 1. The van der Waals surface area contributed by atoms with Crippen molar-refractivity contribution in [3.63, 3.8) is 0 Å². The Kier molecular flexibility index (Phi) is 8.79. The largest absolute Gasteiger partial charge is 0.378 e. The molecular formula is C26H26ClN5O6S. The lowest BCUT2D eigenvalue weighted by molar-refractivity contribution is -0.384. The molecule has 1 aliphatic rings. The number of anilines is 2. The minimum Gasteiger partial charge on any atom is -0.378 e. The molecule has 0 radical (unpaired) electrons. The van der Waals surface area contributed by atoms with E-state index in [0.717, 1.165) is 9.87 Å². The van der Waals surface area contributed by atoms with Gasteiger partial charge >= 0.3 is 0 Å². The van der Waals surface area contributed by atoms with Crippen LogP contribution in [0.4, 0.5) is 17.1 Å². The lowest BCUT2D eigenvalue weighted by Gasteiger charge is -2.29. The summed E-state index contributed by atoms with van der Waals surface area (Å²) in [4.78, 5) is 25.7. The first-order valence-electron chi connectivity index (χ1n) is 11.9. The van der Waals surface area contributed by atoms with Gasteiger partial charge < -0.3 is 9.64 Å². The van der Waals surface area contributed by atoms with E-state index in [4.69, 9.17) is 16.3 Å². The van der Waals surface area contributed by atoms with Crippen LogP contribution in [0.5, 0.6) is 0 Å². The van der Waals surface area contributed by atoms with Crippen LogP contribution < -0.4 is 14.6 Å². The third-order valence-electron chi connectivity index (χ3n) is 6.03. The summed E-state index contributed by atoms with van der Waals surface area (Å²) in [5.41, 5.74) is 4.29. The van der Waals surface area contributed by atoms with E-state index in [9.17, 15) is 23.3 Å². The maximum absolute atomic E-state index is 13.5. The monoisotopic (exact) mass is 571 g/mol. The van der Waals surface area contributed by atoms with Crippen LogP contribution in [0.25, 0.3) is 0 Å². The second kappa shape index (κ2) is 12.2. The molecule has 0 saturated carbocycles. The number of non-ortho nitro benzene ring substituents is 1.